The number of allylic oxidation sites excluding steroid dienone is 1. The van der Waals surface area contributed by atoms with Crippen LogP contribution >= 0.6 is 11.6 Å². The van der Waals surface area contributed by atoms with Crippen molar-refractivity contribution in [3.63, 3.8) is 0 Å². The molecule has 0 spiro atoms. The Morgan fingerprint density at radius 3 is 2.24 bits per heavy atom. The molecule has 0 saturated heterocycles. The van der Waals surface area contributed by atoms with E-state index in [-0.39, 0.29) is 11.4 Å². The van der Waals surface area contributed by atoms with Crippen LogP contribution in [0.5, 0.6) is 11.5 Å². The number of fused-ring (bicyclic) bond motifs is 1. The molecule has 3 rings (SSSR count). The average Bonchev–Trinajstić information content (AvgIpc) is 2.68. The Bertz CT molecular complexity index is 1090. The zero-order valence-electron chi connectivity index (χ0n) is 16.4. The fourth-order valence-electron chi connectivity index (χ4n) is 3.28. The molecule has 0 unspecified atom stereocenters. The standard InChI is InChI=1S/C20H21ClN2O5S/c1-5-23-16-11-18(28-4)17(27-3)10-15(16)12(2)19(29(23,25)26)20(24)22-14-8-6-13(21)7-9-14/h6-11H,5H2,1-4H3,(H,22,24). The van der Waals surface area contributed by atoms with E-state index >= 15 is 0 Å². The van der Waals surface area contributed by atoms with Crippen LogP contribution in [0.3, 0.4) is 0 Å². The molecular formula is C20H21ClN2O5S. The van der Waals surface area contributed by atoms with Gasteiger partial charge in [-0.3, -0.25) is 9.10 Å². The van der Waals surface area contributed by atoms with Gasteiger partial charge in [-0.15, -0.1) is 0 Å². The number of hydrogen-bond donors (Lipinski definition) is 1. The van der Waals surface area contributed by atoms with Crippen molar-refractivity contribution in [3.8, 4) is 11.5 Å². The summed E-state index contributed by atoms with van der Waals surface area (Å²) in [5, 5.41) is 3.14. The highest BCUT2D eigenvalue weighted by atomic mass is 35.5. The fourth-order valence-corrected chi connectivity index (χ4v) is 5.16. The van der Waals surface area contributed by atoms with Gasteiger partial charge in [-0.05, 0) is 49.8 Å². The Hall–Kier alpha value is -2.71. The molecule has 0 saturated carbocycles. The zero-order chi connectivity index (χ0) is 21.3. The van der Waals surface area contributed by atoms with Gasteiger partial charge in [0.1, 0.15) is 0 Å². The number of carbonyl (C=O) groups excluding carboxylic acids is 1. The highest BCUT2D eigenvalue weighted by Gasteiger charge is 2.39. The third-order valence-corrected chi connectivity index (χ3v) is 6.95. The van der Waals surface area contributed by atoms with Gasteiger partial charge in [0.15, 0.2) is 16.4 Å². The number of halogens is 1. The molecule has 1 heterocycles. The highest BCUT2D eigenvalue weighted by Crippen LogP contribution is 2.44. The SMILES string of the molecule is CCN1c2cc(OC)c(OC)cc2C(C)=C(C(=O)Nc2ccc(Cl)cc2)S1(=O)=O. The lowest BCUT2D eigenvalue weighted by atomic mass is 10.0. The maximum absolute atomic E-state index is 13.3. The lowest BCUT2D eigenvalue weighted by Gasteiger charge is -2.32. The molecule has 0 fully saturated rings. The first-order valence-electron chi connectivity index (χ1n) is 8.81. The first-order valence-corrected chi connectivity index (χ1v) is 10.6. The van der Waals surface area contributed by atoms with Crippen molar-refractivity contribution in [2.45, 2.75) is 13.8 Å². The summed E-state index contributed by atoms with van der Waals surface area (Å²) >= 11 is 5.87. The van der Waals surface area contributed by atoms with Gasteiger partial charge in [-0.25, -0.2) is 8.42 Å². The Labute approximate surface area is 174 Å². The number of nitrogens with one attached hydrogen (secondary N) is 1. The molecule has 0 aliphatic carbocycles. The minimum atomic E-state index is -4.07. The fraction of sp³-hybridized carbons (Fsp3) is 0.250. The quantitative estimate of drug-likeness (QED) is 0.768. The third kappa shape index (κ3) is 3.65. The van der Waals surface area contributed by atoms with E-state index in [9.17, 15) is 13.2 Å². The largest absolute Gasteiger partial charge is 0.493 e. The number of benzene rings is 2. The van der Waals surface area contributed by atoms with E-state index in [1.807, 2.05) is 0 Å². The van der Waals surface area contributed by atoms with E-state index in [0.717, 1.165) is 0 Å². The van der Waals surface area contributed by atoms with Gasteiger partial charge in [0.25, 0.3) is 15.9 Å². The number of amides is 1. The van der Waals surface area contributed by atoms with Crippen molar-refractivity contribution < 1.29 is 22.7 Å². The van der Waals surface area contributed by atoms with Gasteiger partial charge in [0, 0.05) is 28.9 Å². The molecule has 1 aliphatic heterocycles. The number of carbonyl (C=O) groups is 1. The van der Waals surface area contributed by atoms with Gasteiger partial charge in [0.05, 0.1) is 19.9 Å². The van der Waals surface area contributed by atoms with E-state index in [4.69, 9.17) is 21.1 Å². The molecule has 1 aliphatic rings. The van der Waals surface area contributed by atoms with Crippen molar-refractivity contribution in [1.82, 2.24) is 0 Å². The smallest absolute Gasteiger partial charge is 0.270 e. The maximum Gasteiger partial charge on any atom is 0.270 e. The van der Waals surface area contributed by atoms with Crippen LogP contribution in [0, 0.1) is 0 Å². The Morgan fingerprint density at radius 2 is 1.69 bits per heavy atom. The predicted octanol–water partition coefficient (Wildman–Crippen LogP) is 3.90. The summed E-state index contributed by atoms with van der Waals surface area (Å²) in [6.45, 7) is 3.45. The minimum Gasteiger partial charge on any atom is -0.493 e. The van der Waals surface area contributed by atoms with E-state index in [1.165, 1.54) is 18.5 Å². The van der Waals surface area contributed by atoms with Crippen LogP contribution in [0.2, 0.25) is 5.02 Å². The molecule has 2 aromatic rings. The van der Waals surface area contributed by atoms with Crippen LogP contribution in [-0.2, 0) is 14.8 Å². The second kappa shape index (κ2) is 7.96. The summed E-state index contributed by atoms with van der Waals surface area (Å²) in [6, 6.07) is 9.70. The maximum atomic E-state index is 13.3. The van der Waals surface area contributed by atoms with E-state index in [0.29, 0.717) is 39.0 Å². The normalized spacial score (nSPS) is 15.0. The number of ether oxygens (including phenoxy) is 2. The lowest BCUT2D eigenvalue weighted by molar-refractivity contribution is -0.112. The van der Waals surface area contributed by atoms with E-state index in [1.54, 1.807) is 50.2 Å². The Morgan fingerprint density at radius 1 is 1.10 bits per heavy atom. The number of anilines is 2. The molecule has 0 bridgehead atoms. The number of nitrogens with zero attached hydrogens (tertiary/aromatic N) is 1. The first-order chi connectivity index (χ1) is 13.7. The first kappa shape index (κ1) is 21.0. The van der Waals surface area contributed by atoms with E-state index < -0.39 is 15.9 Å². The molecule has 1 amide bonds. The summed E-state index contributed by atoms with van der Waals surface area (Å²) in [6.07, 6.45) is 0. The minimum absolute atomic E-state index is 0.149. The molecule has 0 radical (unpaired) electrons. The van der Waals surface area contributed by atoms with Crippen molar-refractivity contribution in [2.24, 2.45) is 0 Å². The number of methoxy groups -OCH3 is 2. The van der Waals surface area contributed by atoms with Gasteiger partial charge < -0.3 is 14.8 Å². The monoisotopic (exact) mass is 436 g/mol. The van der Waals surface area contributed by atoms with Gasteiger partial charge in [-0.1, -0.05) is 11.6 Å². The molecule has 0 aromatic heterocycles. The topological polar surface area (TPSA) is 84.9 Å². The number of sulfonamides is 1. The number of rotatable bonds is 5. The molecule has 0 atom stereocenters. The molecular weight excluding hydrogens is 416 g/mol. The second-order valence-electron chi connectivity index (χ2n) is 6.31. The third-order valence-electron chi connectivity index (χ3n) is 4.66. The molecule has 29 heavy (non-hydrogen) atoms. The summed E-state index contributed by atoms with van der Waals surface area (Å²) in [4.78, 5) is 12.7. The van der Waals surface area contributed by atoms with Crippen LogP contribution in [0.4, 0.5) is 11.4 Å². The van der Waals surface area contributed by atoms with Crippen LogP contribution in [0.25, 0.3) is 5.57 Å². The zero-order valence-corrected chi connectivity index (χ0v) is 18.0. The summed E-state index contributed by atoms with van der Waals surface area (Å²) < 4.78 is 38.4. The van der Waals surface area contributed by atoms with Crippen LogP contribution in [0.15, 0.2) is 41.3 Å². The lowest BCUT2D eigenvalue weighted by Crippen LogP contribution is -2.39. The van der Waals surface area contributed by atoms with Crippen LogP contribution < -0.4 is 19.1 Å². The van der Waals surface area contributed by atoms with Gasteiger partial charge >= 0.3 is 0 Å². The van der Waals surface area contributed by atoms with Crippen molar-refractivity contribution in [3.05, 3.63) is 51.9 Å². The molecule has 154 valence electrons. The van der Waals surface area contributed by atoms with Crippen molar-refractivity contribution >= 4 is 44.5 Å². The summed E-state index contributed by atoms with van der Waals surface area (Å²) in [5.74, 6) is 0.129. The van der Waals surface area contributed by atoms with Gasteiger partial charge in [-0.2, -0.15) is 0 Å². The van der Waals surface area contributed by atoms with Gasteiger partial charge in [0.2, 0.25) is 0 Å². The Balaban J connectivity index is 2.17. The van der Waals surface area contributed by atoms with Crippen molar-refractivity contribution in [1.29, 1.82) is 0 Å². The summed E-state index contributed by atoms with van der Waals surface area (Å²) in [7, 11) is -1.10. The molecule has 7 nitrogen and oxygen atoms in total. The highest BCUT2D eigenvalue weighted by molar-refractivity contribution is 7.97. The molecule has 1 N–H and O–H groups in total. The van der Waals surface area contributed by atoms with E-state index in [2.05, 4.69) is 5.32 Å². The molecule has 9 heteroatoms. The molecule has 2 aromatic carbocycles. The van der Waals surface area contributed by atoms with Crippen LogP contribution in [0.1, 0.15) is 19.4 Å². The van der Waals surface area contributed by atoms with Crippen molar-refractivity contribution in [2.75, 3.05) is 30.4 Å². The summed E-state index contributed by atoms with van der Waals surface area (Å²) in [5.41, 5.74) is 1.79. The number of hydrogen-bond acceptors (Lipinski definition) is 5. The Kier molecular flexibility index (Phi) is 5.77. The predicted molar refractivity (Wildman–Crippen MR) is 114 cm³/mol. The van der Waals surface area contributed by atoms with Crippen LogP contribution in [-0.4, -0.2) is 35.1 Å². The average molecular weight is 437 g/mol. The second-order valence-corrected chi connectivity index (χ2v) is 8.54.